The van der Waals surface area contributed by atoms with Gasteiger partial charge in [0.05, 0.1) is 12.7 Å². The Labute approximate surface area is 113 Å². The van der Waals surface area contributed by atoms with Crippen LogP contribution in [0.4, 0.5) is 4.39 Å². The van der Waals surface area contributed by atoms with Gasteiger partial charge in [-0.05, 0) is 20.0 Å². The van der Waals surface area contributed by atoms with E-state index in [1.165, 1.54) is 6.07 Å². The molecule has 1 heterocycles. The lowest BCUT2D eigenvalue weighted by Crippen LogP contribution is -2.44. The number of ether oxygens (including phenoxy) is 1. The topological polar surface area (TPSA) is 44.7 Å². The van der Waals surface area contributed by atoms with E-state index in [0.29, 0.717) is 0 Å². The standard InChI is InChI=1S/C14H21FN2O2/c1-10(13-4-3-11(15)7-14(13)18)17(2)9-12-8-16-5-6-19-12/h3-4,7,10,12,16,18H,5-6,8-9H2,1-2H3. The molecular formula is C14H21FN2O2. The van der Waals surface area contributed by atoms with Crippen molar-refractivity contribution < 1.29 is 14.2 Å². The number of nitrogens with zero attached hydrogens (tertiary/aromatic N) is 1. The summed E-state index contributed by atoms with van der Waals surface area (Å²) < 4.78 is 18.6. The Bertz CT molecular complexity index is 422. The molecule has 5 heteroatoms. The highest BCUT2D eigenvalue weighted by Crippen LogP contribution is 2.28. The first-order valence-corrected chi connectivity index (χ1v) is 6.59. The quantitative estimate of drug-likeness (QED) is 0.869. The molecule has 0 radical (unpaired) electrons. The number of morpholine rings is 1. The predicted molar refractivity (Wildman–Crippen MR) is 71.7 cm³/mol. The summed E-state index contributed by atoms with van der Waals surface area (Å²) in [6.07, 6.45) is 0.156. The summed E-state index contributed by atoms with van der Waals surface area (Å²) in [4.78, 5) is 2.10. The van der Waals surface area contributed by atoms with Gasteiger partial charge in [-0.2, -0.15) is 0 Å². The van der Waals surface area contributed by atoms with Gasteiger partial charge in [-0.15, -0.1) is 0 Å². The van der Waals surface area contributed by atoms with Crippen LogP contribution < -0.4 is 5.32 Å². The van der Waals surface area contributed by atoms with Crippen molar-refractivity contribution in [3.63, 3.8) is 0 Å². The van der Waals surface area contributed by atoms with Gasteiger partial charge in [-0.3, -0.25) is 4.90 Å². The van der Waals surface area contributed by atoms with Crippen molar-refractivity contribution in [3.05, 3.63) is 29.6 Å². The zero-order chi connectivity index (χ0) is 13.8. The maximum atomic E-state index is 13.0. The van der Waals surface area contributed by atoms with E-state index in [1.54, 1.807) is 6.07 Å². The molecule has 2 unspecified atom stereocenters. The molecule has 0 aromatic heterocycles. The van der Waals surface area contributed by atoms with E-state index in [2.05, 4.69) is 10.2 Å². The molecule has 4 nitrogen and oxygen atoms in total. The van der Waals surface area contributed by atoms with Crippen LogP contribution in [0.25, 0.3) is 0 Å². The number of phenols is 1. The SMILES string of the molecule is CC(c1ccc(F)cc1O)N(C)CC1CNCCO1. The summed E-state index contributed by atoms with van der Waals surface area (Å²) in [5, 5.41) is 13.1. The first kappa shape index (κ1) is 14.2. The molecule has 0 bridgehead atoms. The molecule has 106 valence electrons. The Balaban J connectivity index is 1.99. The fourth-order valence-electron chi connectivity index (χ4n) is 2.32. The monoisotopic (exact) mass is 268 g/mol. The zero-order valence-corrected chi connectivity index (χ0v) is 11.4. The first-order valence-electron chi connectivity index (χ1n) is 6.59. The lowest BCUT2D eigenvalue weighted by Gasteiger charge is -2.31. The molecule has 1 aromatic carbocycles. The van der Waals surface area contributed by atoms with Crippen molar-refractivity contribution in [2.24, 2.45) is 0 Å². The minimum absolute atomic E-state index is 0.00189. The smallest absolute Gasteiger partial charge is 0.126 e. The normalized spacial score (nSPS) is 21.6. The van der Waals surface area contributed by atoms with Crippen molar-refractivity contribution >= 4 is 0 Å². The predicted octanol–water partition coefficient (Wildman–Crippen LogP) is 1.51. The van der Waals surface area contributed by atoms with E-state index in [0.717, 1.165) is 37.9 Å². The average Bonchev–Trinajstić information content (AvgIpc) is 2.39. The summed E-state index contributed by atoms with van der Waals surface area (Å²) in [5.74, 6) is -0.419. The van der Waals surface area contributed by atoms with Gasteiger partial charge in [0.15, 0.2) is 0 Å². The van der Waals surface area contributed by atoms with Crippen LogP contribution in [0.5, 0.6) is 5.75 Å². The molecular weight excluding hydrogens is 247 g/mol. The summed E-state index contributed by atoms with van der Waals surface area (Å²) in [6, 6.07) is 4.16. The number of nitrogens with one attached hydrogen (secondary N) is 1. The van der Waals surface area contributed by atoms with E-state index in [-0.39, 0.29) is 17.9 Å². The highest BCUT2D eigenvalue weighted by molar-refractivity contribution is 5.34. The molecule has 0 aliphatic carbocycles. The van der Waals surface area contributed by atoms with Crippen LogP contribution >= 0.6 is 0 Å². The summed E-state index contributed by atoms with van der Waals surface area (Å²) in [7, 11) is 1.98. The number of rotatable bonds is 4. The summed E-state index contributed by atoms with van der Waals surface area (Å²) in [5.41, 5.74) is 0.729. The van der Waals surface area contributed by atoms with Crippen LogP contribution in [0, 0.1) is 5.82 Å². The van der Waals surface area contributed by atoms with Crippen molar-refractivity contribution in [1.29, 1.82) is 0 Å². The Morgan fingerprint density at radius 3 is 3.00 bits per heavy atom. The van der Waals surface area contributed by atoms with Crippen molar-refractivity contribution in [2.75, 3.05) is 33.3 Å². The second kappa shape index (κ2) is 6.32. The van der Waals surface area contributed by atoms with E-state index >= 15 is 0 Å². The maximum Gasteiger partial charge on any atom is 0.126 e. The largest absolute Gasteiger partial charge is 0.508 e. The Morgan fingerprint density at radius 2 is 2.37 bits per heavy atom. The molecule has 2 atom stereocenters. The van der Waals surface area contributed by atoms with Crippen LogP contribution in [0.1, 0.15) is 18.5 Å². The molecule has 1 aliphatic heterocycles. The fourth-order valence-corrected chi connectivity index (χ4v) is 2.32. The molecule has 1 fully saturated rings. The number of likely N-dealkylation sites (N-methyl/N-ethyl adjacent to an activating group) is 1. The third-order valence-corrected chi connectivity index (χ3v) is 3.60. The minimum Gasteiger partial charge on any atom is -0.508 e. The molecule has 19 heavy (non-hydrogen) atoms. The number of phenolic OH excluding ortho intramolecular Hbond substituents is 1. The van der Waals surface area contributed by atoms with E-state index in [9.17, 15) is 9.50 Å². The number of aromatic hydroxyl groups is 1. The van der Waals surface area contributed by atoms with Crippen LogP contribution in [0.3, 0.4) is 0 Å². The Hall–Kier alpha value is -1.17. The van der Waals surface area contributed by atoms with Crippen LogP contribution in [0.15, 0.2) is 18.2 Å². The van der Waals surface area contributed by atoms with Crippen molar-refractivity contribution in [1.82, 2.24) is 10.2 Å². The maximum absolute atomic E-state index is 13.0. The van der Waals surface area contributed by atoms with Gasteiger partial charge < -0.3 is 15.2 Å². The highest BCUT2D eigenvalue weighted by Gasteiger charge is 2.21. The molecule has 1 saturated heterocycles. The van der Waals surface area contributed by atoms with Gasteiger partial charge in [-0.25, -0.2) is 4.39 Å². The second-order valence-corrected chi connectivity index (χ2v) is 5.02. The fraction of sp³-hybridized carbons (Fsp3) is 0.571. The van der Waals surface area contributed by atoms with E-state index in [1.807, 2.05) is 14.0 Å². The van der Waals surface area contributed by atoms with Gasteiger partial charge in [-0.1, -0.05) is 6.07 Å². The van der Waals surface area contributed by atoms with Gasteiger partial charge in [0, 0.05) is 37.3 Å². The van der Waals surface area contributed by atoms with Gasteiger partial charge >= 0.3 is 0 Å². The third kappa shape index (κ3) is 3.65. The van der Waals surface area contributed by atoms with Crippen molar-refractivity contribution in [3.8, 4) is 5.75 Å². The lowest BCUT2D eigenvalue weighted by molar-refractivity contribution is 0.00378. The highest BCUT2D eigenvalue weighted by atomic mass is 19.1. The third-order valence-electron chi connectivity index (χ3n) is 3.60. The summed E-state index contributed by atoms with van der Waals surface area (Å²) >= 11 is 0. The zero-order valence-electron chi connectivity index (χ0n) is 11.4. The van der Waals surface area contributed by atoms with Gasteiger partial charge in [0.25, 0.3) is 0 Å². The molecule has 1 aliphatic rings. The Morgan fingerprint density at radius 1 is 1.58 bits per heavy atom. The summed E-state index contributed by atoms with van der Waals surface area (Å²) in [6.45, 7) is 5.23. The van der Waals surface area contributed by atoms with Gasteiger partial charge in [0.2, 0.25) is 0 Å². The molecule has 0 spiro atoms. The van der Waals surface area contributed by atoms with E-state index in [4.69, 9.17) is 4.74 Å². The molecule has 2 rings (SSSR count). The lowest BCUT2D eigenvalue weighted by atomic mass is 10.1. The second-order valence-electron chi connectivity index (χ2n) is 5.02. The number of hydrogen-bond acceptors (Lipinski definition) is 4. The first-order chi connectivity index (χ1) is 9.08. The molecule has 0 amide bonds. The van der Waals surface area contributed by atoms with Crippen molar-refractivity contribution in [2.45, 2.75) is 19.1 Å². The Kier molecular flexibility index (Phi) is 4.74. The minimum atomic E-state index is -0.420. The van der Waals surface area contributed by atoms with Crippen LogP contribution in [-0.2, 0) is 4.74 Å². The number of benzene rings is 1. The van der Waals surface area contributed by atoms with Crippen LogP contribution in [-0.4, -0.2) is 49.4 Å². The number of hydrogen-bond donors (Lipinski definition) is 2. The van der Waals surface area contributed by atoms with E-state index < -0.39 is 5.82 Å². The molecule has 1 aromatic rings. The van der Waals surface area contributed by atoms with Gasteiger partial charge in [0.1, 0.15) is 11.6 Å². The van der Waals surface area contributed by atoms with Crippen LogP contribution in [0.2, 0.25) is 0 Å². The molecule has 0 saturated carbocycles. The molecule has 2 N–H and O–H groups in total. The average molecular weight is 268 g/mol. The number of halogens is 1.